The van der Waals surface area contributed by atoms with Gasteiger partial charge >= 0.3 is 0 Å². The van der Waals surface area contributed by atoms with Crippen LogP contribution in [0.5, 0.6) is 0 Å². The Balaban J connectivity index is 2.17. The lowest BCUT2D eigenvalue weighted by molar-refractivity contribution is 0.260. The van der Waals surface area contributed by atoms with Crippen molar-refractivity contribution in [2.24, 2.45) is 5.41 Å². The first-order valence-corrected chi connectivity index (χ1v) is 2.29. The normalized spacial score (nSPS) is 46.5. The molecular formula is C5H6O. The highest BCUT2D eigenvalue weighted by Crippen LogP contribution is 2.64. The van der Waals surface area contributed by atoms with Crippen LogP contribution in [0, 0.1) is 11.8 Å². The van der Waals surface area contributed by atoms with Gasteiger partial charge < -0.3 is 5.11 Å². The van der Waals surface area contributed by atoms with Crippen molar-refractivity contribution < 1.29 is 5.11 Å². The molecule has 1 atom stereocenters. The Morgan fingerprint density at radius 3 is 2.17 bits per heavy atom. The summed E-state index contributed by atoms with van der Waals surface area (Å²) in [6.45, 7) is 0. The summed E-state index contributed by atoms with van der Waals surface area (Å²) < 4.78 is 0. The van der Waals surface area contributed by atoms with Gasteiger partial charge in [-0.3, -0.25) is 0 Å². The summed E-state index contributed by atoms with van der Waals surface area (Å²) in [4.78, 5) is 0. The monoisotopic (exact) mass is 82.0 g/mol. The number of hydrogen-bond donors (Lipinski definition) is 1. The number of aliphatic hydroxyl groups excluding tert-OH is 1. The second kappa shape index (κ2) is 0.544. The fraction of sp³-hybridized carbons (Fsp3) is 0.800. The van der Waals surface area contributed by atoms with E-state index in [0.29, 0.717) is 0 Å². The molecule has 1 nitrogen and oxygen atoms in total. The molecule has 0 amide bonds. The van der Waals surface area contributed by atoms with E-state index in [-0.39, 0.29) is 11.5 Å². The van der Waals surface area contributed by atoms with E-state index in [1.165, 1.54) is 12.8 Å². The minimum atomic E-state index is -0.141. The van der Waals surface area contributed by atoms with Crippen LogP contribution in [0.25, 0.3) is 0 Å². The zero-order chi connectivity index (χ0) is 4.20. The van der Waals surface area contributed by atoms with Gasteiger partial charge in [0.2, 0.25) is 0 Å². The molecule has 0 aromatic heterocycles. The summed E-state index contributed by atoms with van der Waals surface area (Å²) in [5, 5.41) is 8.65. The van der Waals surface area contributed by atoms with Gasteiger partial charge in [0.25, 0.3) is 0 Å². The van der Waals surface area contributed by atoms with E-state index in [0.717, 1.165) is 0 Å². The van der Waals surface area contributed by atoms with Gasteiger partial charge in [0.15, 0.2) is 0 Å². The Hall–Kier alpha value is -0.0400. The average molecular weight is 82.1 g/mol. The fourth-order valence-electron chi connectivity index (χ4n) is 0.783. The third-order valence-electron chi connectivity index (χ3n) is 1.65. The summed E-state index contributed by atoms with van der Waals surface area (Å²) >= 11 is 0. The molecule has 32 valence electrons. The maximum absolute atomic E-state index is 8.65. The molecule has 2 radical (unpaired) electrons. The Bertz CT molecular complexity index is 83.9. The quantitative estimate of drug-likeness (QED) is 0.443. The van der Waals surface area contributed by atoms with Crippen molar-refractivity contribution in [2.45, 2.75) is 18.9 Å². The average Bonchev–Trinajstić information content (AvgIpc) is 2.25. The molecule has 0 bridgehead atoms. The van der Waals surface area contributed by atoms with Crippen LogP contribution in [-0.4, -0.2) is 11.2 Å². The van der Waals surface area contributed by atoms with Crippen molar-refractivity contribution in [3.05, 3.63) is 6.42 Å². The van der Waals surface area contributed by atoms with Crippen LogP contribution in [0.15, 0.2) is 0 Å². The van der Waals surface area contributed by atoms with Crippen LogP contribution in [0.2, 0.25) is 0 Å². The first kappa shape index (κ1) is 3.03. The predicted octanol–water partition coefficient (Wildman–Crippen LogP) is 0.222. The second-order valence-electron chi connectivity index (χ2n) is 2.20. The van der Waals surface area contributed by atoms with Gasteiger partial charge in [0, 0.05) is 11.8 Å². The zero-order valence-corrected chi connectivity index (χ0v) is 3.44. The third kappa shape index (κ3) is 0.178. The lowest BCUT2D eigenvalue weighted by Crippen LogP contribution is -1.79. The Labute approximate surface area is 37.0 Å². The SMILES string of the molecule is OC1[C]C12CC2. The van der Waals surface area contributed by atoms with Gasteiger partial charge in [-0.05, 0) is 12.8 Å². The molecule has 2 aliphatic rings. The molecule has 0 aromatic rings. The van der Waals surface area contributed by atoms with E-state index in [2.05, 4.69) is 6.42 Å². The minimum absolute atomic E-state index is 0.141. The smallest absolute Gasteiger partial charge is 0.0679 e. The topological polar surface area (TPSA) is 20.2 Å². The molecule has 1 N–H and O–H groups in total. The molecular weight excluding hydrogens is 76.1 g/mol. The molecule has 6 heavy (non-hydrogen) atoms. The predicted molar refractivity (Wildman–Crippen MR) is 20.9 cm³/mol. The molecule has 2 rings (SSSR count). The molecule has 0 aliphatic heterocycles. The molecule has 2 fully saturated rings. The van der Waals surface area contributed by atoms with Crippen LogP contribution in [-0.2, 0) is 0 Å². The van der Waals surface area contributed by atoms with Crippen LogP contribution in [0.4, 0.5) is 0 Å². The van der Waals surface area contributed by atoms with Crippen molar-refractivity contribution in [3.63, 3.8) is 0 Å². The molecule has 2 saturated carbocycles. The summed E-state index contributed by atoms with van der Waals surface area (Å²) in [5.41, 5.74) is 0.264. The maximum atomic E-state index is 8.65. The van der Waals surface area contributed by atoms with Crippen LogP contribution in [0.3, 0.4) is 0 Å². The van der Waals surface area contributed by atoms with Crippen LogP contribution >= 0.6 is 0 Å². The van der Waals surface area contributed by atoms with E-state index in [9.17, 15) is 0 Å². The molecule has 1 unspecified atom stereocenters. The molecule has 0 heterocycles. The summed E-state index contributed by atoms with van der Waals surface area (Å²) in [5.74, 6) is 0. The van der Waals surface area contributed by atoms with Crippen LogP contribution < -0.4 is 0 Å². The first-order chi connectivity index (χ1) is 2.83. The highest BCUT2D eigenvalue weighted by Gasteiger charge is 2.63. The molecule has 1 heteroatoms. The summed E-state index contributed by atoms with van der Waals surface area (Å²) in [7, 11) is 0. The van der Waals surface area contributed by atoms with Crippen molar-refractivity contribution in [1.29, 1.82) is 0 Å². The Morgan fingerprint density at radius 1 is 1.67 bits per heavy atom. The molecule has 0 saturated heterocycles. The van der Waals surface area contributed by atoms with Gasteiger partial charge in [-0.15, -0.1) is 0 Å². The van der Waals surface area contributed by atoms with Crippen LogP contribution in [0.1, 0.15) is 12.8 Å². The van der Waals surface area contributed by atoms with E-state index in [1.807, 2.05) is 0 Å². The van der Waals surface area contributed by atoms with E-state index in [4.69, 9.17) is 5.11 Å². The largest absolute Gasteiger partial charge is 0.392 e. The van der Waals surface area contributed by atoms with E-state index < -0.39 is 0 Å². The highest BCUT2D eigenvalue weighted by molar-refractivity contribution is 5.28. The van der Waals surface area contributed by atoms with Crippen molar-refractivity contribution in [1.82, 2.24) is 0 Å². The standard InChI is InChI=1S/C5H6O/c6-4-3-5(4)1-2-5/h4,6H,1-2H2. The van der Waals surface area contributed by atoms with Gasteiger partial charge in [-0.25, -0.2) is 0 Å². The maximum Gasteiger partial charge on any atom is 0.0679 e. The number of aliphatic hydroxyl groups is 1. The van der Waals surface area contributed by atoms with Crippen molar-refractivity contribution in [2.75, 3.05) is 0 Å². The van der Waals surface area contributed by atoms with Crippen molar-refractivity contribution >= 4 is 0 Å². The van der Waals surface area contributed by atoms with Crippen molar-refractivity contribution in [3.8, 4) is 0 Å². The molecule has 2 aliphatic carbocycles. The lowest BCUT2D eigenvalue weighted by atomic mass is 10.4. The Morgan fingerprint density at radius 2 is 2.17 bits per heavy atom. The van der Waals surface area contributed by atoms with Gasteiger partial charge in [-0.1, -0.05) is 0 Å². The summed E-state index contributed by atoms with van der Waals surface area (Å²) in [6, 6.07) is 0. The molecule has 1 spiro atoms. The lowest BCUT2D eigenvalue weighted by Gasteiger charge is -1.72. The van der Waals surface area contributed by atoms with Gasteiger partial charge in [-0.2, -0.15) is 0 Å². The highest BCUT2D eigenvalue weighted by atomic mass is 16.3. The third-order valence-corrected chi connectivity index (χ3v) is 1.65. The van der Waals surface area contributed by atoms with E-state index in [1.54, 1.807) is 0 Å². The fourth-order valence-corrected chi connectivity index (χ4v) is 0.783. The second-order valence-corrected chi connectivity index (χ2v) is 2.20. The Kier molecular flexibility index (Phi) is 0.274. The number of rotatable bonds is 0. The van der Waals surface area contributed by atoms with E-state index >= 15 is 0 Å². The first-order valence-electron chi connectivity index (χ1n) is 2.29. The number of hydrogen-bond acceptors (Lipinski definition) is 1. The summed E-state index contributed by atoms with van der Waals surface area (Å²) in [6.07, 6.45) is 5.17. The molecule has 0 aromatic carbocycles. The minimum Gasteiger partial charge on any atom is -0.392 e. The zero-order valence-electron chi connectivity index (χ0n) is 3.44. The van der Waals surface area contributed by atoms with Gasteiger partial charge in [0.05, 0.1) is 6.10 Å². The van der Waals surface area contributed by atoms with Gasteiger partial charge in [0.1, 0.15) is 0 Å².